The molecule has 8 heteroatoms. The molecule has 4 rings (SSSR count). The molecule has 0 bridgehead atoms. The molecular formula is C19H22N6OS. The van der Waals surface area contributed by atoms with Gasteiger partial charge in [0.1, 0.15) is 0 Å². The van der Waals surface area contributed by atoms with Crippen molar-refractivity contribution in [3.8, 4) is 0 Å². The summed E-state index contributed by atoms with van der Waals surface area (Å²) in [4.78, 5) is 28.3. The van der Waals surface area contributed by atoms with E-state index in [1.54, 1.807) is 6.20 Å². The molecule has 1 aliphatic heterocycles. The lowest BCUT2D eigenvalue weighted by Crippen LogP contribution is -2.34. The van der Waals surface area contributed by atoms with Gasteiger partial charge in [0.15, 0.2) is 5.69 Å². The molecule has 0 aromatic carbocycles. The van der Waals surface area contributed by atoms with Crippen molar-refractivity contribution >= 4 is 33.4 Å². The van der Waals surface area contributed by atoms with Gasteiger partial charge in [0, 0.05) is 31.5 Å². The van der Waals surface area contributed by atoms with Gasteiger partial charge in [0.25, 0.3) is 5.91 Å². The lowest BCUT2D eigenvalue weighted by molar-refractivity contribution is 0.0786. The first-order chi connectivity index (χ1) is 13.2. The van der Waals surface area contributed by atoms with Crippen LogP contribution in [-0.4, -0.2) is 51.9 Å². The summed E-state index contributed by atoms with van der Waals surface area (Å²) in [6, 6.07) is 6.16. The summed E-state index contributed by atoms with van der Waals surface area (Å²) in [6.45, 7) is 3.48. The van der Waals surface area contributed by atoms with Crippen molar-refractivity contribution in [1.29, 1.82) is 0 Å². The molecule has 1 saturated heterocycles. The molecule has 2 atom stereocenters. The minimum Gasteiger partial charge on any atom is -0.348 e. The molecule has 1 unspecified atom stereocenters. The van der Waals surface area contributed by atoms with E-state index in [1.165, 1.54) is 11.3 Å². The Morgan fingerprint density at radius 2 is 2.26 bits per heavy atom. The molecule has 3 aromatic rings. The minimum atomic E-state index is -0.0281. The van der Waals surface area contributed by atoms with Gasteiger partial charge in [-0.1, -0.05) is 6.07 Å². The molecule has 1 fully saturated rings. The summed E-state index contributed by atoms with van der Waals surface area (Å²) in [6.07, 6.45) is 4.52. The summed E-state index contributed by atoms with van der Waals surface area (Å²) in [5, 5.41) is 8.50. The van der Waals surface area contributed by atoms with Crippen LogP contribution in [0.25, 0.3) is 10.2 Å². The molecule has 2 N–H and O–H groups in total. The Morgan fingerprint density at radius 1 is 1.37 bits per heavy atom. The highest BCUT2D eigenvalue weighted by Gasteiger charge is 2.28. The summed E-state index contributed by atoms with van der Waals surface area (Å²) < 4.78 is 0.840. The third kappa shape index (κ3) is 3.63. The van der Waals surface area contributed by atoms with Crippen molar-refractivity contribution < 1.29 is 4.79 Å². The molecule has 0 spiro atoms. The maximum absolute atomic E-state index is 13.1. The standard InChI is InChI=1S/C19H22N6OS/c1-12(13-4-3-7-21-10-13)22-19-23-15-6-9-27-17(15)16(24-19)18(26)25-8-5-14(11-25)20-2/h3-4,6-7,9-10,12,14,20H,5,8,11H2,1-2H3,(H,22,23,24)/t12-,14?/m0/s1. The number of thiophene rings is 1. The first kappa shape index (κ1) is 17.8. The average Bonchev–Trinajstić information content (AvgIpc) is 3.36. The lowest BCUT2D eigenvalue weighted by atomic mass is 10.1. The van der Waals surface area contributed by atoms with Gasteiger partial charge in [0.05, 0.1) is 16.3 Å². The van der Waals surface area contributed by atoms with Gasteiger partial charge in [-0.3, -0.25) is 9.78 Å². The van der Waals surface area contributed by atoms with E-state index in [1.807, 2.05) is 48.6 Å². The van der Waals surface area contributed by atoms with Gasteiger partial charge >= 0.3 is 0 Å². The normalized spacial score (nSPS) is 18.0. The summed E-state index contributed by atoms with van der Waals surface area (Å²) in [7, 11) is 1.93. The van der Waals surface area contributed by atoms with Gasteiger partial charge in [-0.25, -0.2) is 9.97 Å². The molecule has 4 heterocycles. The van der Waals surface area contributed by atoms with Gasteiger partial charge in [-0.05, 0) is 43.5 Å². The van der Waals surface area contributed by atoms with Crippen LogP contribution in [0.15, 0.2) is 36.0 Å². The Labute approximate surface area is 161 Å². The molecule has 1 amide bonds. The fourth-order valence-electron chi connectivity index (χ4n) is 3.31. The Kier molecular flexibility index (Phi) is 5.00. The summed E-state index contributed by atoms with van der Waals surface area (Å²) >= 11 is 1.51. The Balaban J connectivity index is 1.63. The second kappa shape index (κ2) is 7.58. The first-order valence-electron chi connectivity index (χ1n) is 9.04. The highest BCUT2D eigenvalue weighted by atomic mass is 32.1. The third-order valence-electron chi connectivity index (χ3n) is 4.92. The molecule has 0 saturated carbocycles. The van der Waals surface area contributed by atoms with Crippen molar-refractivity contribution in [1.82, 2.24) is 25.2 Å². The van der Waals surface area contributed by atoms with Crippen molar-refractivity contribution in [2.75, 3.05) is 25.5 Å². The number of rotatable bonds is 5. The molecule has 3 aromatic heterocycles. The maximum Gasteiger partial charge on any atom is 0.274 e. The van der Waals surface area contributed by atoms with Gasteiger partial charge in [-0.2, -0.15) is 0 Å². The quantitative estimate of drug-likeness (QED) is 0.706. The number of likely N-dealkylation sites (N-methyl/N-ethyl adjacent to an activating group) is 1. The number of nitrogens with one attached hydrogen (secondary N) is 2. The molecule has 0 aliphatic carbocycles. The van der Waals surface area contributed by atoms with Crippen molar-refractivity contribution in [2.45, 2.75) is 25.4 Å². The summed E-state index contributed by atoms with van der Waals surface area (Å²) in [5.74, 6) is 0.435. The van der Waals surface area contributed by atoms with Crippen molar-refractivity contribution in [3.63, 3.8) is 0 Å². The smallest absolute Gasteiger partial charge is 0.274 e. The zero-order valence-electron chi connectivity index (χ0n) is 15.3. The molecule has 7 nitrogen and oxygen atoms in total. The van der Waals surface area contributed by atoms with Crippen LogP contribution < -0.4 is 10.6 Å². The summed E-state index contributed by atoms with van der Waals surface area (Å²) in [5.41, 5.74) is 2.31. The lowest BCUT2D eigenvalue weighted by Gasteiger charge is -2.18. The van der Waals surface area contributed by atoms with E-state index in [-0.39, 0.29) is 11.9 Å². The van der Waals surface area contributed by atoms with E-state index < -0.39 is 0 Å². The molecule has 0 radical (unpaired) electrons. The third-order valence-corrected chi connectivity index (χ3v) is 5.83. The Morgan fingerprint density at radius 3 is 3.00 bits per heavy atom. The van der Waals surface area contributed by atoms with Crippen molar-refractivity contribution in [3.05, 3.63) is 47.2 Å². The number of hydrogen-bond acceptors (Lipinski definition) is 7. The van der Waals surface area contributed by atoms with E-state index in [9.17, 15) is 4.79 Å². The molecule has 27 heavy (non-hydrogen) atoms. The van der Waals surface area contributed by atoms with Gasteiger partial charge in [-0.15, -0.1) is 11.3 Å². The number of aromatic nitrogens is 3. The van der Waals surface area contributed by atoms with Gasteiger partial charge < -0.3 is 15.5 Å². The van der Waals surface area contributed by atoms with Crippen LogP contribution in [-0.2, 0) is 0 Å². The number of anilines is 1. The van der Waals surface area contributed by atoms with Crippen LogP contribution in [0.2, 0.25) is 0 Å². The zero-order chi connectivity index (χ0) is 18.8. The van der Waals surface area contributed by atoms with Crippen LogP contribution in [0.5, 0.6) is 0 Å². The fourth-order valence-corrected chi connectivity index (χ4v) is 4.12. The Bertz CT molecular complexity index is 944. The molecule has 1 aliphatic rings. The van der Waals surface area contributed by atoms with E-state index in [0.29, 0.717) is 24.2 Å². The van der Waals surface area contributed by atoms with Crippen LogP contribution >= 0.6 is 11.3 Å². The first-order valence-corrected chi connectivity index (χ1v) is 9.92. The van der Waals surface area contributed by atoms with E-state index in [2.05, 4.69) is 25.6 Å². The van der Waals surface area contributed by atoms with E-state index in [4.69, 9.17) is 0 Å². The maximum atomic E-state index is 13.1. The predicted molar refractivity (Wildman–Crippen MR) is 107 cm³/mol. The number of hydrogen-bond donors (Lipinski definition) is 2. The highest BCUT2D eigenvalue weighted by molar-refractivity contribution is 7.17. The number of pyridine rings is 1. The number of fused-ring (bicyclic) bond motifs is 1. The van der Waals surface area contributed by atoms with E-state index in [0.717, 1.165) is 28.7 Å². The monoisotopic (exact) mass is 382 g/mol. The van der Waals surface area contributed by atoms with Crippen LogP contribution in [0.4, 0.5) is 5.95 Å². The second-order valence-corrected chi connectivity index (χ2v) is 7.62. The average molecular weight is 382 g/mol. The molecule has 140 valence electrons. The number of likely N-dealkylation sites (tertiary alicyclic amines) is 1. The zero-order valence-corrected chi connectivity index (χ0v) is 16.2. The minimum absolute atomic E-state index is 0.0156. The number of carbonyl (C=O) groups is 1. The fraction of sp³-hybridized carbons (Fsp3) is 0.368. The van der Waals surface area contributed by atoms with Crippen LogP contribution in [0, 0.1) is 0 Å². The number of carbonyl (C=O) groups excluding carboxylic acids is 1. The molecular weight excluding hydrogens is 360 g/mol. The van der Waals surface area contributed by atoms with E-state index >= 15 is 0 Å². The topological polar surface area (TPSA) is 83.0 Å². The van der Waals surface area contributed by atoms with Gasteiger partial charge in [0.2, 0.25) is 5.95 Å². The van der Waals surface area contributed by atoms with Crippen LogP contribution in [0.3, 0.4) is 0 Å². The largest absolute Gasteiger partial charge is 0.348 e. The highest BCUT2D eigenvalue weighted by Crippen LogP contribution is 2.27. The SMILES string of the molecule is CNC1CCN(C(=O)c2nc(N[C@@H](C)c3cccnc3)nc3ccsc23)C1. The van der Waals surface area contributed by atoms with Crippen LogP contribution in [0.1, 0.15) is 35.4 Å². The Hall–Kier alpha value is -2.58. The predicted octanol–water partition coefficient (Wildman–Crippen LogP) is 2.69. The second-order valence-electron chi connectivity index (χ2n) is 6.71. The van der Waals surface area contributed by atoms with Crippen molar-refractivity contribution in [2.24, 2.45) is 0 Å². The number of nitrogens with zero attached hydrogens (tertiary/aromatic N) is 4. The number of amides is 1.